The fourth-order valence-corrected chi connectivity index (χ4v) is 1.27. The molecular formula is C8H13FO3. The fourth-order valence-electron chi connectivity index (χ4n) is 1.27. The molecule has 0 aromatic heterocycles. The Kier molecular flexibility index (Phi) is 3.47. The van der Waals surface area contributed by atoms with Crippen molar-refractivity contribution in [2.45, 2.75) is 19.0 Å². The number of rotatable bonds is 2. The first-order valence-electron chi connectivity index (χ1n) is 4.02. The first-order valence-corrected chi connectivity index (χ1v) is 4.02. The van der Waals surface area contributed by atoms with Gasteiger partial charge in [-0.2, -0.15) is 0 Å². The second-order valence-electron chi connectivity index (χ2n) is 2.92. The van der Waals surface area contributed by atoms with Gasteiger partial charge in [-0.1, -0.05) is 0 Å². The van der Waals surface area contributed by atoms with E-state index in [1.54, 1.807) is 0 Å². The first-order chi connectivity index (χ1) is 5.74. The molecule has 1 fully saturated rings. The van der Waals surface area contributed by atoms with E-state index >= 15 is 0 Å². The zero-order chi connectivity index (χ0) is 8.97. The van der Waals surface area contributed by atoms with E-state index in [1.807, 2.05) is 0 Å². The van der Waals surface area contributed by atoms with E-state index in [4.69, 9.17) is 4.74 Å². The van der Waals surface area contributed by atoms with Crippen molar-refractivity contribution in [1.82, 2.24) is 0 Å². The Morgan fingerprint density at radius 1 is 1.75 bits per heavy atom. The van der Waals surface area contributed by atoms with Gasteiger partial charge in [0.15, 0.2) is 0 Å². The molecule has 0 aliphatic carbocycles. The van der Waals surface area contributed by atoms with E-state index in [2.05, 4.69) is 4.74 Å². The van der Waals surface area contributed by atoms with Gasteiger partial charge in [-0.15, -0.1) is 0 Å². The maximum Gasteiger partial charge on any atom is 0.305 e. The number of methoxy groups -OCH3 is 1. The summed E-state index contributed by atoms with van der Waals surface area (Å²) in [6.07, 6.45) is -0.241. The minimum absolute atomic E-state index is 0.113. The van der Waals surface area contributed by atoms with Gasteiger partial charge in [0, 0.05) is 12.5 Å². The first kappa shape index (κ1) is 9.45. The minimum Gasteiger partial charge on any atom is -0.469 e. The molecule has 3 nitrogen and oxygen atoms in total. The van der Waals surface area contributed by atoms with Crippen LogP contribution in [0.1, 0.15) is 12.8 Å². The quantitative estimate of drug-likeness (QED) is 0.587. The van der Waals surface area contributed by atoms with Crippen LogP contribution in [0.25, 0.3) is 0 Å². The van der Waals surface area contributed by atoms with Crippen LogP contribution in [0.4, 0.5) is 4.39 Å². The zero-order valence-electron chi connectivity index (χ0n) is 7.09. The Labute approximate surface area is 70.8 Å². The fraction of sp³-hybridized carbons (Fsp3) is 0.875. The Balaban J connectivity index is 2.33. The summed E-state index contributed by atoms with van der Waals surface area (Å²) in [7, 11) is 1.31. The maximum absolute atomic E-state index is 13.0. The van der Waals surface area contributed by atoms with Crippen molar-refractivity contribution in [2.24, 2.45) is 5.92 Å². The minimum atomic E-state index is -1.02. The van der Waals surface area contributed by atoms with Crippen molar-refractivity contribution >= 4 is 5.97 Å². The third-order valence-electron chi connectivity index (χ3n) is 2.08. The molecule has 1 aliphatic heterocycles. The zero-order valence-corrected chi connectivity index (χ0v) is 7.09. The lowest BCUT2D eigenvalue weighted by Crippen LogP contribution is -2.30. The molecule has 0 aromatic carbocycles. The summed E-state index contributed by atoms with van der Waals surface area (Å²) < 4.78 is 22.4. The normalized spacial score (nSPS) is 29.8. The maximum atomic E-state index is 13.0. The summed E-state index contributed by atoms with van der Waals surface area (Å²) in [6.45, 7) is 0.656. The molecule has 4 heteroatoms. The number of hydrogen-bond donors (Lipinski definition) is 0. The molecular weight excluding hydrogens is 163 g/mol. The molecule has 0 bridgehead atoms. The molecule has 0 aromatic rings. The van der Waals surface area contributed by atoms with Crippen LogP contribution < -0.4 is 0 Å². The second kappa shape index (κ2) is 4.40. The molecule has 0 amide bonds. The largest absolute Gasteiger partial charge is 0.469 e. The monoisotopic (exact) mass is 176 g/mol. The van der Waals surface area contributed by atoms with Gasteiger partial charge in [-0.25, -0.2) is 4.39 Å². The highest BCUT2D eigenvalue weighted by atomic mass is 19.1. The molecule has 1 heterocycles. The molecule has 0 spiro atoms. The molecule has 70 valence electrons. The molecule has 1 rings (SSSR count). The highest BCUT2D eigenvalue weighted by Gasteiger charge is 2.27. The molecule has 1 aliphatic rings. The molecule has 0 N–H and O–H groups in total. The molecule has 1 saturated heterocycles. The van der Waals surface area contributed by atoms with Crippen LogP contribution in [-0.4, -0.2) is 32.5 Å². The number of halogens is 1. The van der Waals surface area contributed by atoms with Gasteiger partial charge in [0.1, 0.15) is 6.17 Å². The van der Waals surface area contributed by atoms with Crippen LogP contribution in [0, 0.1) is 5.92 Å². The van der Waals surface area contributed by atoms with Crippen molar-refractivity contribution < 1.29 is 18.7 Å². The van der Waals surface area contributed by atoms with Crippen molar-refractivity contribution in [2.75, 3.05) is 20.3 Å². The van der Waals surface area contributed by atoms with E-state index in [0.717, 1.165) is 0 Å². The second-order valence-corrected chi connectivity index (χ2v) is 2.92. The van der Waals surface area contributed by atoms with Crippen molar-refractivity contribution in [3.05, 3.63) is 0 Å². The van der Waals surface area contributed by atoms with Gasteiger partial charge in [-0.05, 0) is 6.42 Å². The van der Waals surface area contributed by atoms with E-state index in [9.17, 15) is 9.18 Å². The number of alkyl halides is 1. The van der Waals surface area contributed by atoms with Crippen LogP contribution in [0.2, 0.25) is 0 Å². The average Bonchev–Trinajstić information content (AvgIpc) is 2.09. The topological polar surface area (TPSA) is 35.5 Å². The highest BCUT2D eigenvalue weighted by Crippen LogP contribution is 2.21. The van der Waals surface area contributed by atoms with E-state index < -0.39 is 6.17 Å². The number of esters is 1. The summed E-state index contributed by atoms with van der Waals surface area (Å²) in [5, 5.41) is 0. The van der Waals surface area contributed by atoms with Crippen molar-refractivity contribution in [3.8, 4) is 0 Å². The summed E-state index contributed by atoms with van der Waals surface area (Å²) in [5.74, 6) is -0.559. The number of ether oxygens (including phenoxy) is 2. The Morgan fingerprint density at radius 3 is 3.08 bits per heavy atom. The molecule has 2 atom stereocenters. The summed E-state index contributed by atoms with van der Waals surface area (Å²) in [4.78, 5) is 10.8. The lowest BCUT2D eigenvalue weighted by atomic mass is 9.95. The van der Waals surface area contributed by atoms with Gasteiger partial charge in [0.05, 0.1) is 20.1 Å². The highest BCUT2D eigenvalue weighted by molar-refractivity contribution is 5.69. The summed E-state index contributed by atoms with van der Waals surface area (Å²) >= 11 is 0. The predicted molar refractivity (Wildman–Crippen MR) is 40.5 cm³/mol. The van der Waals surface area contributed by atoms with Gasteiger partial charge in [0.2, 0.25) is 0 Å². The summed E-state index contributed by atoms with van der Waals surface area (Å²) in [5.41, 5.74) is 0. The van der Waals surface area contributed by atoms with Crippen LogP contribution in [0.5, 0.6) is 0 Å². The number of carbonyl (C=O) groups is 1. The Bertz CT molecular complexity index is 160. The lowest BCUT2D eigenvalue weighted by Gasteiger charge is -2.24. The van der Waals surface area contributed by atoms with Crippen molar-refractivity contribution in [1.29, 1.82) is 0 Å². The van der Waals surface area contributed by atoms with Crippen LogP contribution in [-0.2, 0) is 14.3 Å². The average molecular weight is 176 g/mol. The molecule has 12 heavy (non-hydrogen) atoms. The van der Waals surface area contributed by atoms with Gasteiger partial charge >= 0.3 is 5.97 Å². The number of hydrogen-bond acceptors (Lipinski definition) is 3. The van der Waals surface area contributed by atoms with Gasteiger partial charge in [0.25, 0.3) is 0 Å². The molecule has 0 radical (unpaired) electrons. The SMILES string of the molecule is COC(=O)CC1CCOCC1F. The Morgan fingerprint density at radius 2 is 2.50 bits per heavy atom. The predicted octanol–water partition coefficient (Wildman–Crippen LogP) is 0.924. The van der Waals surface area contributed by atoms with Crippen LogP contribution in [0.3, 0.4) is 0 Å². The van der Waals surface area contributed by atoms with Crippen molar-refractivity contribution in [3.63, 3.8) is 0 Å². The van der Waals surface area contributed by atoms with Gasteiger partial charge in [-0.3, -0.25) is 4.79 Å². The molecule has 0 saturated carbocycles. The summed E-state index contributed by atoms with van der Waals surface area (Å²) in [6, 6.07) is 0. The van der Waals surface area contributed by atoms with Crippen LogP contribution >= 0.6 is 0 Å². The Hall–Kier alpha value is -0.640. The van der Waals surface area contributed by atoms with E-state index in [-0.39, 0.29) is 24.9 Å². The van der Waals surface area contributed by atoms with Crippen LogP contribution in [0.15, 0.2) is 0 Å². The van der Waals surface area contributed by atoms with E-state index in [0.29, 0.717) is 13.0 Å². The lowest BCUT2D eigenvalue weighted by molar-refractivity contribution is -0.143. The number of carbonyl (C=O) groups excluding carboxylic acids is 1. The third-order valence-corrected chi connectivity index (χ3v) is 2.08. The third kappa shape index (κ3) is 2.44. The standard InChI is InChI=1S/C8H13FO3/c1-11-8(10)4-6-2-3-12-5-7(6)9/h6-7H,2-5H2,1H3. The van der Waals surface area contributed by atoms with E-state index in [1.165, 1.54) is 7.11 Å². The smallest absolute Gasteiger partial charge is 0.305 e. The molecule has 2 unspecified atom stereocenters. The van der Waals surface area contributed by atoms with Gasteiger partial charge < -0.3 is 9.47 Å².